The predicted octanol–water partition coefficient (Wildman–Crippen LogP) is 3.53. The number of rotatable bonds is 10. The largest absolute Gasteiger partial charge is 0.451 e. The Morgan fingerprint density at radius 1 is 1.11 bits per heavy atom. The third kappa shape index (κ3) is 7.92. The van der Waals surface area contributed by atoms with E-state index in [2.05, 4.69) is 19.7 Å². The number of hydrogen-bond donors (Lipinski definition) is 0. The smallest absolute Gasteiger partial charge is 0.334 e. The number of ketones is 1. The Hall–Kier alpha value is -1.90. The van der Waals surface area contributed by atoms with Crippen LogP contribution in [-0.4, -0.2) is 17.9 Å². The third-order valence-corrected chi connectivity index (χ3v) is 2.51. The quantitative estimate of drug-likeness (QED) is 0.199. The number of carbonyl (C=O) groups is 2. The van der Waals surface area contributed by atoms with E-state index in [0.717, 1.165) is 12.8 Å². The molecule has 0 saturated carbocycles. The minimum atomic E-state index is -0.488. The summed E-state index contributed by atoms with van der Waals surface area (Å²) in [6.07, 6.45) is 8.36. The number of esters is 1. The van der Waals surface area contributed by atoms with Gasteiger partial charge in [-0.3, -0.25) is 0 Å². The summed E-state index contributed by atoms with van der Waals surface area (Å²) in [5.74, 6) is -0.234. The number of hydrogen-bond acceptors (Lipinski definition) is 3. The predicted molar refractivity (Wildman–Crippen MR) is 77.7 cm³/mol. The summed E-state index contributed by atoms with van der Waals surface area (Å²) in [5, 5.41) is 0. The van der Waals surface area contributed by atoms with Gasteiger partial charge in [-0.1, -0.05) is 31.9 Å². The van der Waals surface area contributed by atoms with Crippen LogP contribution in [0, 0.1) is 0 Å². The molecule has 0 fully saturated rings. The lowest BCUT2D eigenvalue weighted by molar-refractivity contribution is -0.140. The molecule has 0 radical (unpaired) electrons. The molecular weight excluding hydrogens is 240 g/mol. The maximum Gasteiger partial charge on any atom is 0.334 e. The van der Waals surface area contributed by atoms with Crippen molar-refractivity contribution in [3.8, 4) is 0 Å². The lowest BCUT2D eigenvalue weighted by atomic mass is 10.1. The van der Waals surface area contributed by atoms with Crippen molar-refractivity contribution in [1.29, 1.82) is 0 Å². The zero-order valence-electron chi connectivity index (χ0n) is 11.6. The van der Waals surface area contributed by atoms with Gasteiger partial charge in [-0.05, 0) is 38.3 Å². The monoisotopic (exact) mass is 262 g/mol. The van der Waals surface area contributed by atoms with Gasteiger partial charge in [0.1, 0.15) is 11.9 Å². The van der Waals surface area contributed by atoms with Crippen LogP contribution in [0.25, 0.3) is 0 Å². The van der Waals surface area contributed by atoms with Gasteiger partial charge in [0, 0.05) is 12.0 Å². The van der Waals surface area contributed by atoms with Crippen molar-refractivity contribution in [3.05, 3.63) is 49.6 Å². The molecule has 0 amide bonds. The molecule has 0 aromatic carbocycles. The first-order chi connectivity index (χ1) is 9.04. The second kappa shape index (κ2) is 10.1. The van der Waals surface area contributed by atoms with E-state index in [4.69, 9.17) is 4.74 Å². The minimum absolute atomic E-state index is 0.162. The third-order valence-electron chi connectivity index (χ3n) is 2.51. The van der Waals surface area contributed by atoms with Crippen molar-refractivity contribution in [2.75, 3.05) is 0 Å². The molecule has 0 N–H and O–H groups in total. The molecule has 0 aliphatic heterocycles. The van der Waals surface area contributed by atoms with E-state index in [0.29, 0.717) is 18.4 Å². The molecule has 0 saturated heterocycles. The lowest BCUT2D eigenvalue weighted by Gasteiger charge is -2.11. The maximum atomic E-state index is 11.9. The molecule has 3 nitrogen and oxygen atoms in total. The Morgan fingerprint density at radius 3 is 2.16 bits per heavy atom. The van der Waals surface area contributed by atoms with Gasteiger partial charge in [-0.15, -0.1) is 0 Å². The first kappa shape index (κ1) is 17.1. The summed E-state index contributed by atoms with van der Waals surface area (Å²) >= 11 is 0. The standard InChI is InChI=1S/C16H22O3/c1-5-10-14(12-9-8-11-13(4)17)16(18)19-15(6-2)7-3/h5-7,10,15H,1-3,8-9,11-12H2,4H3. The molecule has 0 aromatic heterocycles. The Labute approximate surface area is 115 Å². The molecule has 19 heavy (non-hydrogen) atoms. The van der Waals surface area contributed by atoms with Gasteiger partial charge in [0.25, 0.3) is 0 Å². The molecule has 0 bridgehead atoms. The Morgan fingerprint density at radius 2 is 1.68 bits per heavy atom. The highest BCUT2D eigenvalue weighted by atomic mass is 16.5. The molecule has 0 aliphatic rings. The fourth-order valence-electron chi connectivity index (χ4n) is 1.48. The van der Waals surface area contributed by atoms with Crippen LogP contribution >= 0.6 is 0 Å². The van der Waals surface area contributed by atoms with E-state index in [1.54, 1.807) is 19.1 Å². The molecule has 0 spiro atoms. The normalized spacial score (nSPS) is 10.9. The summed E-state index contributed by atoms with van der Waals surface area (Å²) in [6, 6.07) is 0. The highest BCUT2D eigenvalue weighted by Gasteiger charge is 2.13. The van der Waals surface area contributed by atoms with Crippen molar-refractivity contribution < 1.29 is 14.3 Å². The molecular formula is C16H22O3. The van der Waals surface area contributed by atoms with E-state index in [1.165, 1.54) is 12.2 Å². The van der Waals surface area contributed by atoms with Crippen LogP contribution in [0.3, 0.4) is 0 Å². The van der Waals surface area contributed by atoms with Crippen LogP contribution in [-0.2, 0) is 14.3 Å². The average molecular weight is 262 g/mol. The first-order valence-corrected chi connectivity index (χ1v) is 6.32. The highest BCUT2D eigenvalue weighted by molar-refractivity contribution is 5.89. The summed E-state index contributed by atoms with van der Waals surface area (Å²) in [4.78, 5) is 22.7. The molecule has 0 heterocycles. The van der Waals surface area contributed by atoms with E-state index >= 15 is 0 Å². The molecule has 0 aromatic rings. The number of allylic oxidation sites excluding steroid dienone is 2. The first-order valence-electron chi connectivity index (χ1n) is 6.32. The summed E-state index contributed by atoms with van der Waals surface area (Å²) in [6.45, 7) is 12.3. The molecule has 0 aliphatic carbocycles. The van der Waals surface area contributed by atoms with E-state index in [-0.39, 0.29) is 5.78 Å². The van der Waals surface area contributed by atoms with Crippen molar-refractivity contribution in [2.45, 2.75) is 38.7 Å². The Bertz CT molecular complexity index is 369. The fraction of sp³-hybridized carbons (Fsp3) is 0.375. The Kier molecular flexibility index (Phi) is 9.06. The maximum absolute atomic E-state index is 11.9. The van der Waals surface area contributed by atoms with Crippen molar-refractivity contribution in [1.82, 2.24) is 0 Å². The summed E-state index contributed by atoms with van der Waals surface area (Å²) in [7, 11) is 0. The highest BCUT2D eigenvalue weighted by Crippen LogP contribution is 2.13. The zero-order chi connectivity index (χ0) is 14.7. The average Bonchev–Trinajstić information content (AvgIpc) is 2.38. The molecule has 3 heteroatoms. The zero-order valence-corrected chi connectivity index (χ0v) is 11.6. The molecule has 0 unspecified atom stereocenters. The van der Waals surface area contributed by atoms with Crippen LogP contribution in [0.4, 0.5) is 0 Å². The van der Waals surface area contributed by atoms with Gasteiger partial charge < -0.3 is 9.53 Å². The number of unbranched alkanes of at least 4 members (excludes halogenated alkanes) is 1. The molecule has 104 valence electrons. The van der Waals surface area contributed by atoms with Gasteiger partial charge in [0.2, 0.25) is 0 Å². The second-order valence-corrected chi connectivity index (χ2v) is 4.18. The van der Waals surface area contributed by atoms with Gasteiger partial charge in [-0.2, -0.15) is 0 Å². The van der Waals surface area contributed by atoms with Gasteiger partial charge in [-0.25, -0.2) is 4.79 Å². The van der Waals surface area contributed by atoms with Crippen molar-refractivity contribution in [2.24, 2.45) is 0 Å². The summed E-state index contributed by atoms with van der Waals surface area (Å²) < 4.78 is 5.18. The van der Waals surface area contributed by atoms with Crippen LogP contribution in [0.5, 0.6) is 0 Å². The number of Topliss-reactive ketones (excluding diaryl/α,β-unsaturated/α-hetero) is 1. The van der Waals surface area contributed by atoms with Crippen molar-refractivity contribution in [3.63, 3.8) is 0 Å². The molecule has 0 rings (SSSR count). The van der Waals surface area contributed by atoms with Gasteiger partial charge in [0.05, 0.1) is 0 Å². The van der Waals surface area contributed by atoms with Crippen LogP contribution in [0.15, 0.2) is 49.6 Å². The van der Waals surface area contributed by atoms with E-state index in [9.17, 15) is 9.59 Å². The fourth-order valence-corrected chi connectivity index (χ4v) is 1.48. The van der Waals surface area contributed by atoms with E-state index in [1.807, 2.05) is 0 Å². The van der Waals surface area contributed by atoms with Gasteiger partial charge in [0.15, 0.2) is 0 Å². The van der Waals surface area contributed by atoms with Crippen molar-refractivity contribution >= 4 is 11.8 Å². The van der Waals surface area contributed by atoms with Crippen LogP contribution in [0.2, 0.25) is 0 Å². The number of carbonyl (C=O) groups excluding carboxylic acids is 2. The molecule has 0 atom stereocenters. The minimum Gasteiger partial charge on any atom is -0.451 e. The SMILES string of the molecule is C=CC=C(CCCCC(C)=O)C(=O)OC(C=C)C=C. The Balaban J connectivity index is 4.39. The lowest BCUT2D eigenvalue weighted by Crippen LogP contribution is -2.15. The topological polar surface area (TPSA) is 43.4 Å². The summed E-state index contributed by atoms with van der Waals surface area (Å²) in [5.41, 5.74) is 0.548. The van der Waals surface area contributed by atoms with Crippen LogP contribution < -0.4 is 0 Å². The number of ether oxygens (including phenoxy) is 1. The van der Waals surface area contributed by atoms with E-state index < -0.39 is 12.1 Å². The second-order valence-electron chi connectivity index (χ2n) is 4.18. The van der Waals surface area contributed by atoms with Crippen LogP contribution in [0.1, 0.15) is 32.6 Å². The van der Waals surface area contributed by atoms with Gasteiger partial charge >= 0.3 is 5.97 Å².